The second kappa shape index (κ2) is 7.01. The molecule has 0 bridgehead atoms. The Labute approximate surface area is 140 Å². The first-order valence-corrected chi connectivity index (χ1v) is 8.30. The Balaban J connectivity index is 1.85. The number of carbonyl (C=O) groups is 1. The Bertz CT molecular complexity index is 748. The number of benzene rings is 1. The summed E-state index contributed by atoms with van der Waals surface area (Å²) in [4.78, 5) is 28.6. The van der Waals surface area contributed by atoms with Crippen molar-refractivity contribution in [1.29, 1.82) is 0 Å². The highest BCUT2D eigenvalue weighted by Gasteiger charge is 2.34. The minimum absolute atomic E-state index is 0.231. The summed E-state index contributed by atoms with van der Waals surface area (Å²) in [6, 6.07) is 12.6. The normalized spacial score (nSPS) is 16.0. The molecule has 1 fully saturated rings. The number of aromatic nitrogens is 1. The number of H-pyrrole nitrogens is 1. The van der Waals surface area contributed by atoms with Crippen LogP contribution in [0.5, 0.6) is 0 Å². The lowest BCUT2D eigenvalue weighted by Crippen LogP contribution is -2.44. The van der Waals surface area contributed by atoms with Crippen LogP contribution in [-0.2, 0) is 6.54 Å². The molecule has 0 saturated heterocycles. The lowest BCUT2D eigenvalue weighted by Gasteiger charge is -2.31. The maximum atomic E-state index is 12.9. The van der Waals surface area contributed by atoms with Gasteiger partial charge in [0.25, 0.3) is 5.91 Å². The molecule has 2 N–H and O–H groups in total. The Morgan fingerprint density at radius 3 is 2.54 bits per heavy atom. The van der Waals surface area contributed by atoms with Crippen molar-refractivity contribution in [3.05, 3.63) is 70.1 Å². The van der Waals surface area contributed by atoms with Gasteiger partial charge in [0.15, 0.2) is 0 Å². The molecule has 2 aromatic rings. The summed E-state index contributed by atoms with van der Waals surface area (Å²) in [7, 11) is 0. The van der Waals surface area contributed by atoms with E-state index in [1.165, 1.54) is 12.3 Å². The van der Waals surface area contributed by atoms with Gasteiger partial charge in [-0.05, 0) is 24.5 Å². The van der Waals surface area contributed by atoms with Gasteiger partial charge in [-0.3, -0.25) is 9.59 Å². The first-order valence-electron chi connectivity index (χ1n) is 8.30. The molecule has 0 atom stereocenters. The number of hydrogen-bond donors (Lipinski definition) is 2. The molecule has 0 radical (unpaired) electrons. The van der Waals surface area contributed by atoms with Crippen LogP contribution in [0, 0.1) is 0 Å². The van der Waals surface area contributed by atoms with E-state index < -0.39 is 5.60 Å². The van der Waals surface area contributed by atoms with Crippen molar-refractivity contribution in [3.63, 3.8) is 0 Å². The predicted octanol–water partition coefficient (Wildman–Crippen LogP) is 2.32. The Hall–Kier alpha value is -2.40. The minimum Gasteiger partial charge on any atom is -0.388 e. The van der Waals surface area contributed by atoms with Crippen molar-refractivity contribution < 1.29 is 9.90 Å². The van der Waals surface area contributed by atoms with Crippen molar-refractivity contribution in [2.45, 2.75) is 37.8 Å². The van der Waals surface area contributed by atoms with Gasteiger partial charge >= 0.3 is 0 Å². The van der Waals surface area contributed by atoms with Gasteiger partial charge in [-0.25, -0.2) is 0 Å². The average Bonchev–Trinajstić information content (AvgIpc) is 3.01. The molecule has 126 valence electrons. The summed E-state index contributed by atoms with van der Waals surface area (Å²) in [6.45, 7) is 0.697. The zero-order valence-corrected chi connectivity index (χ0v) is 13.6. The van der Waals surface area contributed by atoms with Crippen LogP contribution in [0.15, 0.2) is 53.5 Å². The predicted molar refractivity (Wildman–Crippen MR) is 91.7 cm³/mol. The zero-order valence-electron chi connectivity index (χ0n) is 13.6. The van der Waals surface area contributed by atoms with Gasteiger partial charge in [0, 0.05) is 24.4 Å². The smallest absolute Gasteiger partial charge is 0.254 e. The number of amides is 1. The van der Waals surface area contributed by atoms with E-state index in [0.29, 0.717) is 24.9 Å². The van der Waals surface area contributed by atoms with Crippen molar-refractivity contribution in [2.75, 3.05) is 6.54 Å². The maximum Gasteiger partial charge on any atom is 0.254 e. The van der Waals surface area contributed by atoms with E-state index in [-0.39, 0.29) is 18.0 Å². The summed E-state index contributed by atoms with van der Waals surface area (Å²) >= 11 is 0. The number of hydrogen-bond acceptors (Lipinski definition) is 3. The molecule has 5 heteroatoms. The Morgan fingerprint density at radius 2 is 1.88 bits per heavy atom. The highest BCUT2D eigenvalue weighted by atomic mass is 16.3. The largest absolute Gasteiger partial charge is 0.388 e. The molecule has 1 saturated carbocycles. The van der Waals surface area contributed by atoms with Crippen LogP contribution in [0.1, 0.15) is 41.6 Å². The fraction of sp³-hybridized carbons (Fsp3) is 0.368. The Morgan fingerprint density at radius 1 is 1.17 bits per heavy atom. The second-order valence-electron chi connectivity index (χ2n) is 6.52. The number of nitrogens with one attached hydrogen (secondary N) is 1. The molecule has 1 heterocycles. The molecule has 1 aromatic carbocycles. The van der Waals surface area contributed by atoms with E-state index in [2.05, 4.69) is 4.98 Å². The standard InChI is InChI=1S/C19H22N2O3/c22-17-12-16(8-11-20-17)18(23)21(13-15-6-2-1-3-7-15)14-19(24)9-4-5-10-19/h1-3,6-8,11-12,24H,4-5,9-10,13-14H2,(H,20,22). The van der Waals surface area contributed by atoms with Gasteiger partial charge in [-0.1, -0.05) is 43.2 Å². The molecule has 1 aliphatic carbocycles. The third-order valence-corrected chi connectivity index (χ3v) is 4.54. The number of aromatic amines is 1. The van der Waals surface area contributed by atoms with Crippen LogP contribution < -0.4 is 5.56 Å². The number of carbonyl (C=O) groups excluding carboxylic acids is 1. The summed E-state index contributed by atoms with van der Waals surface area (Å²) in [5.41, 5.74) is 0.208. The highest BCUT2D eigenvalue weighted by Crippen LogP contribution is 2.31. The van der Waals surface area contributed by atoms with Gasteiger partial charge in [0.05, 0.1) is 12.1 Å². The monoisotopic (exact) mass is 326 g/mol. The van der Waals surface area contributed by atoms with E-state index >= 15 is 0 Å². The number of aliphatic hydroxyl groups is 1. The van der Waals surface area contributed by atoms with Crippen LogP contribution in [0.2, 0.25) is 0 Å². The number of pyridine rings is 1. The Kier molecular flexibility index (Phi) is 4.81. The first-order chi connectivity index (χ1) is 11.6. The average molecular weight is 326 g/mol. The van der Waals surface area contributed by atoms with Gasteiger partial charge < -0.3 is 15.0 Å². The van der Waals surface area contributed by atoms with Crippen molar-refractivity contribution in [2.24, 2.45) is 0 Å². The fourth-order valence-corrected chi connectivity index (χ4v) is 3.31. The lowest BCUT2D eigenvalue weighted by atomic mass is 10.0. The van der Waals surface area contributed by atoms with Gasteiger partial charge in [0.2, 0.25) is 5.56 Å². The molecular formula is C19H22N2O3. The highest BCUT2D eigenvalue weighted by molar-refractivity contribution is 5.94. The number of rotatable bonds is 5. The van der Waals surface area contributed by atoms with Crippen LogP contribution >= 0.6 is 0 Å². The fourth-order valence-electron chi connectivity index (χ4n) is 3.31. The first kappa shape index (κ1) is 16.5. The SMILES string of the molecule is O=C(c1cc[nH]c(=O)c1)N(Cc1ccccc1)CC1(O)CCCC1. The third kappa shape index (κ3) is 3.92. The van der Waals surface area contributed by atoms with Crippen molar-refractivity contribution in [1.82, 2.24) is 9.88 Å². The van der Waals surface area contributed by atoms with E-state index in [1.807, 2.05) is 30.3 Å². The maximum absolute atomic E-state index is 12.9. The molecule has 24 heavy (non-hydrogen) atoms. The molecule has 1 amide bonds. The van der Waals surface area contributed by atoms with Crippen LogP contribution in [0.3, 0.4) is 0 Å². The summed E-state index contributed by atoms with van der Waals surface area (Å²) in [5.74, 6) is -0.231. The molecule has 3 rings (SSSR count). The molecule has 0 unspecified atom stereocenters. The van der Waals surface area contributed by atoms with E-state index in [9.17, 15) is 14.7 Å². The van der Waals surface area contributed by atoms with E-state index in [0.717, 1.165) is 18.4 Å². The topological polar surface area (TPSA) is 73.4 Å². The molecule has 1 aromatic heterocycles. The van der Waals surface area contributed by atoms with E-state index in [1.54, 1.807) is 11.0 Å². The summed E-state index contributed by atoms with van der Waals surface area (Å²) in [6.07, 6.45) is 4.85. The molecular weight excluding hydrogens is 304 g/mol. The van der Waals surface area contributed by atoms with E-state index in [4.69, 9.17) is 0 Å². The molecule has 5 nitrogen and oxygen atoms in total. The van der Waals surface area contributed by atoms with Gasteiger partial charge in [0.1, 0.15) is 0 Å². The van der Waals surface area contributed by atoms with Crippen molar-refractivity contribution in [3.8, 4) is 0 Å². The van der Waals surface area contributed by atoms with Gasteiger partial charge in [-0.2, -0.15) is 0 Å². The van der Waals surface area contributed by atoms with Crippen molar-refractivity contribution >= 4 is 5.91 Å². The number of nitrogens with zero attached hydrogens (tertiary/aromatic N) is 1. The lowest BCUT2D eigenvalue weighted by molar-refractivity contribution is 0.00785. The third-order valence-electron chi connectivity index (χ3n) is 4.54. The second-order valence-corrected chi connectivity index (χ2v) is 6.52. The minimum atomic E-state index is -0.828. The quantitative estimate of drug-likeness (QED) is 0.885. The summed E-state index contributed by atoms with van der Waals surface area (Å²) < 4.78 is 0. The van der Waals surface area contributed by atoms with Crippen LogP contribution in [0.4, 0.5) is 0 Å². The molecule has 0 spiro atoms. The van der Waals surface area contributed by atoms with Crippen LogP contribution in [-0.4, -0.2) is 33.0 Å². The molecule has 1 aliphatic rings. The zero-order chi connectivity index (χ0) is 17.0. The summed E-state index contributed by atoms with van der Waals surface area (Å²) in [5, 5.41) is 10.7. The molecule has 0 aliphatic heterocycles. The van der Waals surface area contributed by atoms with Gasteiger partial charge in [-0.15, -0.1) is 0 Å². The van der Waals surface area contributed by atoms with Crippen LogP contribution in [0.25, 0.3) is 0 Å².